The standard InChI is InChI=1S/C3H3N3O6S/c7-6(8)3-1-4-5(2-3)12-13(9,10)11/h1-2H,(H,9,10,11). The molecule has 0 aliphatic carbocycles. The van der Waals surface area contributed by atoms with E-state index in [0.717, 1.165) is 6.20 Å². The van der Waals surface area contributed by atoms with Gasteiger partial charge in [-0.05, 0) is 0 Å². The van der Waals surface area contributed by atoms with E-state index in [0.29, 0.717) is 6.20 Å². The third kappa shape index (κ3) is 2.68. The zero-order chi connectivity index (χ0) is 10.1. The fraction of sp³-hybridized carbons (Fsp3) is 0. The van der Waals surface area contributed by atoms with Crippen molar-refractivity contribution in [1.82, 2.24) is 9.94 Å². The first-order chi connectivity index (χ1) is 5.88. The quantitative estimate of drug-likeness (QED) is 0.385. The highest BCUT2D eigenvalue weighted by molar-refractivity contribution is 7.81. The van der Waals surface area contributed by atoms with Crippen LogP contribution in [0.3, 0.4) is 0 Å². The van der Waals surface area contributed by atoms with E-state index < -0.39 is 21.0 Å². The lowest BCUT2D eigenvalue weighted by atomic mass is 10.6. The molecule has 0 spiro atoms. The smallest absolute Gasteiger partial charge is 0.258 e. The summed E-state index contributed by atoms with van der Waals surface area (Å²) in [5.41, 5.74) is -0.455. The first-order valence-corrected chi connectivity index (χ1v) is 4.11. The summed E-state index contributed by atoms with van der Waals surface area (Å²) >= 11 is 0. The molecule has 0 bridgehead atoms. The molecule has 13 heavy (non-hydrogen) atoms. The van der Waals surface area contributed by atoms with Crippen molar-refractivity contribution in [2.75, 3.05) is 0 Å². The van der Waals surface area contributed by atoms with Gasteiger partial charge in [-0.15, -0.1) is 5.10 Å². The molecule has 0 aromatic carbocycles. The summed E-state index contributed by atoms with van der Waals surface area (Å²) in [6.45, 7) is 0. The Morgan fingerprint density at radius 3 is 2.69 bits per heavy atom. The van der Waals surface area contributed by atoms with Crippen LogP contribution < -0.4 is 4.28 Å². The van der Waals surface area contributed by atoms with Gasteiger partial charge in [-0.1, -0.05) is 4.85 Å². The molecule has 1 rings (SSSR count). The maximum absolute atomic E-state index is 10.1. The molecule has 0 fully saturated rings. The van der Waals surface area contributed by atoms with E-state index in [1.807, 2.05) is 0 Å². The first kappa shape index (κ1) is 9.41. The summed E-state index contributed by atoms with van der Waals surface area (Å²) in [7, 11) is -4.71. The van der Waals surface area contributed by atoms with Gasteiger partial charge < -0.3 is 0 Å². The van der Waals surface area contributed by atoms with Gasteiger partial charge >= 0.3 is 16.1 Å². The maximum Gasteiger partial charge on any atom is 0.466 e. The molecule has 0 radical (unpaired) electrons. The predicted molar refractivity (Wildman–Crippen MR) is 37.0 cm³/mol. The van der Waals surface area contributed by atoms with Crippen molar-refractivity contribution >= 4 is 16.1 Å². The molecule has 1 aromatic rings. The van der Waals surface area contributed by atoms with Gasteiger partial charge in [-0.3, -0.25) is 14.7 Å². The van der Waals surface area contributed by atoms with Crippen molar-refractivity contribution < 1.29 is 22.2 Å². The summed E-state index contributed by atoms with van der Waals surface area (Å²) in [4.78, 5) is 9.53. The van der Waals surface area contributed by atoms with E-state index in [4.69, 9.17) is 4.55 Å². The predicted octanol–water partition coefficient (Wildman–Crippen LogP) is -0.977. The van der Waals surface area contributed by atoms with Crippen LogP contribution in [0.1, 0.15) is 0 Å². The zero-order valence-electron chi connectivity index (χ0n) is 5.89. The number of aromatic nitrogens is 2. The summed E-state index contributed by atoms with van der Waals surface area (Å²) < 4.78 is 32.1. The Balaban J connectivity index is 2.87. The Bertz CT molecular complexity index is 420. The molecule has 1 N–H and O–H groups in total. The van der Waals surface area contributed by atoms with Crippen molar-refractivity contribution in [3.05, 3.63) is 22.5 Å². The minimum Gasteiger partial charge on any atom is -0.258 e. The molecular formula is C3H3N3O6S. The minimum atomic E-state index is -4.71. The lowest BCUT2D eigenvalue weighted by Gasteiger charge is -1.95. The number of nitrogens with zero attached hydrogens (tertiary/aromatic N) is 3. The second-order valence-corrected chi connectivity index (χ2v) is 2.86. The number of rotatable bonds is 3. The van der Waals surface area contributed by atoms with Gasteiger partial charge in [0.1, 0.15) is 12.4 Å². The Morgan fingerprint density at radius 2 is 2.31 bits per heavy atom. The van der Waals surface area contributed by atoms with Gasteiger partial charge in [0.25, 0.3) is 0 Å². The lowest BCUT2D eigenvalue weighted by Crippen LogP contribution is -2.19. The molecule has 0 atom stereocenters. The van der Waals surface area contributed by atoms with Gasteiger partial charge in [0.2, 0.25) is 0 Å². The van der Waals surface area contributed by atoms with E-state index in [9.17, 15) is 18.5 Å². The fourth-order valence-electron chi connectivity index (χ4n) is 0.527. The summed E-state index contributed by atoms with van der Waals surface area (Å²) in [6, 6.07) is 0. The number of hydrogen-bond acceptors (Lipinski definition) is 6. The molecule has 1 heterocycles. The molecule has 0 unspecified atom stereocenters. The zero-order valence-corrected chi connectivity index (χ0v) is 6.71. The van der Waals surface area contributed by atoms with Crippen LogP contribution in [0.2, 0.25) is 0 Å². The van der Waals surface area contributed by atoms with E-state index >= 15 is 0 Å². The molecule has 72 valence electrons. The maximum atomic E-state index is 10.1. The third-order valence-corrected chi connectivity index (χ3v) is 1.27. The van der Waals surface area contributed by atoms with Gasteiger partial charge in [0.15, 0.2) is 0 Å². The van der Waals surface area contributed by atoms with Crippen LogP contribution in [0.15, 0.2) is 12.4 Å². The Labute approximate surface area is 71.6 Å². The number of nitro groups is 1. The van der Waals surface area contributed by atoms with Crippen molar-refractivity contribution in [3.63, 3.8) is 0 Å². The van der Waals surface area contributed by atoms with Gasteiger partial charge in [0, 0.05) is 0 Å². The first-order valence-electron chi connectivity index (χ1n) is 2.75. The van der Waals surface area contributed by atoms with Gasteiger partial charge in [-0.2, -0.15) is 8.42 Å². The van der Waals surface area contributed by atoms with Crippen molar-refractivity contribution in [1.29, 1.82) is 0 Å². The Hall–Kier alpha value is -1.68. The van der Waals surface area contributed by atoms with Crippen LogP contribution in [0, 0.1) is 10.1 Å². The van der Waals surface area contributed by atoms with Crippen molar-refractivity contribution in [2.45, 2.75) is 0 Å². The summed E-state index contributed by atoms with van der Waals surface area (Å²) in [5.74, 6) is 0. The third-order valence-electron chi connectivity index (χ3n) is 0.928. The van der Waals surface area contributed by atoms with Crippen molar-refractivity contribution in [3.8, 4) is 0 Å². The van der Waals surface area contributed by atoms with E-state index in [1.54, 1.807) is 0 Å². The highest BCUT2D eigenvalue weighted by atomic mass is 32.3. The monoisotopic (exact) mass is 209 g/mol. The average molecular weight is 209 g/mol. The van der Waals surface area contributed by atoms with Crippen LogP contribution in [-0.4, -0.2) is 27.8 Å². The Kier molecular flexibility index (Phi) is 2.16. The molecule has 0 aliphatic heterocycles. The molecular weight excluding hydrogens is 206 g/mol. The number of hydrogen-bond donors (Lipinski definition) is 1. The largest absolute Gasteiger partial charge is 0.466 e. The van der Waals surface area contributed by atoms with Gasteiger partial charge in [-0.25, -0.2) is 4.28 Å². The van der Waals surface area contributed by atoms with Crippen LogP contribution in [0.25, 0.3) is 0 Å². The molecule has 1 aromatic heterocycles. The van der Waals surface area contributed by atoms with Crippen molar-refractivity contribution in [2.24, 2.45) is 0 Å². The molecule has 10 heteroatoms. The van der Waals surface area contributed by atoms with Crippen LogP contribution in [-0.2, 0) is 10.4 Å². The van der Waals surface area contributed by atoms with E-state index in [-0.39, 0.29) is 4.85 Å². The molecule has 0 amide bonds. The second-order valence-electron chi connectivity index (χ2n) is 1.86. The highest BCUT2D eigenvalue weighted by Crippen LogP contribution is 2.06. The van der Waals surface area contributed by atoms with Crippen LogP contribution >= 0.6 is 0 Å². The fourth-order valence-corrected chi connectivity index (χ4v) is 0.802. The van der Waals surface area contributed by atoms with Crippen LogP contribution in [0.5, 0.6) is 0 Å². The lowest BCUT2D eigenvalue weighted by molar-refractivity contribution is -0.385. The SMILES string of the molecule is O=[N+]([O-])c1cnn(OS(=O)(=O)O)c1. The normalized spacial score (nSPS) is 11.2. The molecule has 9 nitrogen and oxygen atoms in total. The summed E-state index contributed by atoms with van der Waals surface area (Å²) in [6.07, 6.45) is 1.46. The molecule has 0 aliphatic rings. The van der Waals surface area contributed by atoms with E-state index in [2.05, 4.69) is 9.38 Å². The minimum absolute atomic E-state index is 0.257. The van der Waals surface area contributed by atoms with Gasteiger partial charge in [0.05, 0.1) is 4.92 Å². The summed E-state index contributed by atoms with van der Waals surface area (Å²) in [5, 5.41) is 13.2. The molecule has 0 saturated heterocycles. The average Bonchev–Trinajstić information content (AvgIpc) is 2.31. The molecule has 0 saturated carbocycles. The Morgan fingerprint density at radius 1 is 1.69 bits per heavy atom. The topological polar surface area (TPSA) is 125 Å². The van der Waals surface area contributed by atoms with E-state index in [1.165, 1.54) is 0 Å². The van der Waals surface area contributed by atoms with Crippen LogP contribution in [0.4, 0.5) is 5.69 Å². The highest BCUT2D eigenvalue weighted by Gasteiger charge is 2.13. The second kappa shape index (κ2) is 2.99.